The molecule has 0 saturated carbocycles. The number of carbonyl (C=O) groups is 1. The quantitative estimate of drug-likeness (QED) is 0.706. The summed E-state index contributed by atoms with van der Waals surface area (Å²) in [6, 6.07) is 4.94. The molecule has 176 valence electrons. The number of rotatable bonds is 5. The monoisotopic (exact) mass is 461 g/mol. The molecule has 1 aliphatic rings. The number of aromatic nitrogens is 1. The Morgan fingerprint density at radius 2 is 2.09 bits per heavy atom. The Hall–Kier alpha value is -3.32. The standard InChI is InChI=1S/C23H26F3N5O2/c1-13-19(16-7-15(10-27)8-17(9-16)33-4)20(31-6-5-22(3,28)12-31)18(11-29-13)21(32)30-14(2)23(24,25)26/h7-9,11,14H,5-6,12,28H2,1-4H3,(H,30,32)/t14-,22-/m0/s1. The number of amides is 1. The predicted molar refractivity (Wildman–Crippen MR) is 118 cm³/mol. The highest BCUT2D eigenvalue weighted by atomic mass is 19.4. The number of aryl methyl sites for hydroxylation is 1. The van der Waals surface area contributed by atoms with Crippen LogP contribution in [0.2, 0.25) is 0 Å². The van der Waals surface area contributed by atoms with Crippen LogP contribution in [0.5, 0.6) is 5.75 Å². The van der Waals surface area contributed by atoms with Crippen LogP contribution in [-0.4, -0.2) is 48.8 Å². The second-order valence-electron chi connectivity index (χ2n) is 8.61. The van der Waals surface area contributed by atoms with E-state index in [1.807, 2.05) is 17.1 Å². The number of nitrogens with zero attached hydrogens (tertiary/aromatic N) is 3. The smallest absolute Gasteiger partial charge is 0.408 e. The summed E-state index contributed by atoms with van der Waals surface area (Å²) in [7, 11) is 1.47. The third kappa shape index (κ3) is 5.20. The van der Waals surface area contributed by atoms with E-state index >= 15 is 0 Å². The molecule has 1 aromatic heterocycles. The number of alkyl halides is 3. The molecule has 0 spiro atoms. The van der Waals surface area contributed by atoms with E-state index in [0.717, 1.165) is 6.92 Å². The number of carbonyl (C=O) groups excluding carboxylic acids is 1. The number of halogens is 3. The van der Waals surface area contributed by atoms with E-state index in [-0.39, 0.29) is 5.56 Å². The Morgan fingerprint density at radius 3 is 2.64 bits per heavy atom. The number of methoxy groups -OCH3 is 1. The lowest BCUT2D eigenvalue weighted by Gasteiger charge is -2.28. The Balaban J connectivity index is 2.23. The lowest BCUT2D eigenvalue weighted by Crippen LogP contribution is -2.44. The Kier molecular flexibility index (Phi) is 6.56. The fourth-order valence-electron chi connectivity index (χ4n) is 3.89. The molecule has 1 amide bonds. The van der Waals surface area contributed by atoms with Crippen molar-refractivity contribution in [3.63, 3.8) is 0 Å². The molecule has 2 aromatic rings. The van der Waals surface area contributed by atoms with Crippen LogP contribution in [0.25, 0.3) is 11.1 Å². The number of anilines is 1. The minimum Gasteiger partial charge on any atom is -0.497 e. The molecule has 0 aliphatic carbocycles. The topological polar surface area (TPSA) is 104 Å². The molecule has 1 aromatic carbocycles. The number of benzene rings is 1. The van der Waals surface area contributed by atoms with E-state index in [1.165, 1.54) is 13.3 Å². The second kappa shape index (κ2) is 8.90. The highest BCUT2D eigenvalue weighted by Crippen LogP contribution is 2.40. The number of nitrogens with two attached hydrogens (primary N) is 1. The molecule has 0 bridgehead atoms. The summed E-state index contributed by atoms with van der Waals surface area (Å²) in [6.45, 7) is 5.41. The molecule has 7 nitrogen and oxygen atoms in total. The summed E-state index contributed by atoms with van der Waals surface area (Å²) in [5, 5.41) is 11.5. The van der Waals surface area contributed by atoms with Crippen molar-refractivity contribution >= 4 is 11.6 Å². The first-order valence-corrected chi connectivity index (χ1v) is 10.4. The number of hydrogen-bond acceptors (Lipinski definition) is 6. The van der Waals surface area contributed by atoms with E-state index < -0.39 is 23.7 Å². The van der Waals surface area contributed by atoms with E-state index in [4.69, 9.17) is 10.5 Å². The van der Waals surface area contributed by atoms with Gasteiger partial charge in [0.15, 0.2) is 0 Å². The predicted octanol–water partition coefficient (Wildman–Crippen LogP) is 3.55. The third-order valence-corrected chi connectivity index (χ3v) is 5.71. The van der Waals surface area contributed by atoms with Crippen LogP contribution in [0.4, 0.5) is 18.9 Å². The maximum absolute atomic E-state index is 13.1. The van der Waals surface area contributed by atoms with Crippen LogP contribution < -0.4 is 20.7 Å². The molecule has 0 radical (unpaired) electrons. The van der Waals surface area contributed by atoms with E-state index in [0.29, 0.717) is 53.3 Å². The number of nitrogens with one attached hydrogen (secondary N) is 1. The highest BCUT2D eigenvalue weighted by molar-refractivity contribution is 6.04. The van der Waals surface area contributed by atoms with Gasteiger partial charge in [-0.15, -0.1) is 0 Å². The molecule has 1 saturated heterocycles. The summed E-state index contributed by atoms with van der Waals surface area (Å²) in [6.07, 6.45) is -2.67. The molecule has 0 unspecified atom stereocenters. The van der Waals surface area contributed by atoms with E-state index in [1.54, 1.807) is 25.1 Å². The maximum Gasteiger partial charge on any atom is 0.408 e. The molecular formula is C23H26F3N5O2. The average Bonchev–Trinajstić information content (AvgIpc) is 3.11. The van der Waals surface area contributed by atoms with Gasteiger partial charge in [0.25, 0.3) is 5.91 Å². The molecule has 3 rings (SSSR count). The van der Waals surface area contributed by atoms with Gasteiger partial charge in [0.05, 0.1) is 30.0 Å². The largest absolute Gasteiger partial charge is 0.497 e. The Labute approximate surface area is 190 Å². The molecule has 1 aliphatic heterocycles. The van der Waals surface area contributed by atoms with E-state index in [2.05, 4.69) is 11.1 Å². The van der Waals surface area contributed by atoms with Gasteiger partial charge in [0.1, 0.15) is 11.8 Å². The van der Waals surface area contributed by atoms with Crippen molar-refractivity contribution in [1.82, 2.24) is 10.3 Å². The van der Waals surface area contributed by atoms with Gasteiger partial charge in [-0.1, -0.05) is 0 Å². The van der Waals surface area contributed by atoms with Gasteiger partial charge in [-0.25, -0.2) is 0 Å². The number of ether oxygens (including phenoxy) is 1. The van der Waals surface area contributed by atoms with Crippen LogP contribution in [0.3, 0.4) is 0 Å². The lowest BCUT2D eigenvalue weighted by molar-refractivity contribution is -0.149. The third-order valence-electron chi connectivity index (χ3n) is 5.71. The van der Waals surface area contributed by atoms with Crippen molar-refractivity contribution in [3.05, 3.63) is 41.2 Å². The molecule has 2 heterocycles. The van der Waals surface area contributed by atoms with Gasteiger partial charge in [-0.3, -0.25) is 9.78 Å². The van der Waals surface area contributed by atoms with Gasteiger partial charge in [-0.2, -0.15) is 18.4 Å². The summed E-state index contributed by atoms with van der Waals surface area (Å²) in [5.74, 6) is -0.461. The molecule has 33 heavy (non-hydrogen) atoms. The van der Waals surface area contributed by atoms with Crippen LogP contribution in [0.15, 0.2) is 24.4 Å². The minimum atomic E-state index is -4.59. The number of pyridine rings is 1. The van der Waals surface area contributed by atoms with Crippen molar-refractivity contribution in [3.8, 4) is 22.9 Å². The fraction of sp³-hybridized carbons (Fsp3) is 0.435. The Bertz CT molecular complexity index is 1110. The van der Waals surface area contributed by atoms with Gasteiger partial charge >= 0.3 is 6.18 Å². The molecule has 2 atom stereocenters. The average molecular weight is 461 g/mol. The summed E-state index contributed by atoms with van der Waals surface area (Å²) in [4.78, 5) is 19.2. The van der Waals surface area contributed by atoms with Gasteiger partial charge in [0, 0.05) is 36.1 Å². The maximum atomic E-state index is 13.1. The first-order chi connectivity index (χ1) is 15.4. The summed E-state index contributed by atoms with van der Waals surface area (Å²) < 4.78 is 44.6. The van der Waals surface area contributed by atoms with Crippen LogP contribution >= 0.6 is 0 Å². The zero-order chi connectivity index (χ0) is 24.6. The SMILES string of the molecule is COc1cc(C#N)cc(-c2c(C)ncc(C(=O)N[C@@H](C)C(F)(F)F)c2N2CC[C@](C)(N)C2)c1. The van der Waals surface area contributed by atoms with Gasteiger partial charge < -0.3 is 20.7 Å². The minimum absolute atomic E-state index is 0.00530. The molecule has 10 heteroatoms. The lowest BCUT2D eigenvalue weighted by atomic mass is 9.96. The van der Waals surface area contributed by atoms with Crippen LogP contribution in [0.1, 0.15) is 41.9 Å². The highest BCUT2D eigenvalue weighted by Gasteiger charge is 2.39. The van der Waals surface area contributed by atoms with Crippen molar-refractivity contribution in [2.24, 2.45) is 5.73 Å². The van der Waals surface area contributed by atoms with Crippen LogP contribution in [0, 0.1) is 18.3 Å². The van der Waals surface area contributed by atoms with Gasteiger partial charge in [-0.05, 0) is 51.0 Å². The van der Waals surface area contributed by atoms with E-state index in [9.17, 15) is 23.2 Å². The number of nitriles is 1. The Morgan fingerprint density at radius 1 is 1.39 bits per heavy atom. The summed E-state index contributed by atoms with van der Waals surface area (Å²) >= 11 is 0. The molecular weight excluding hydrogens is 435 g/mol. The second-order valence-corrected chi connectivity index (χ2v) is 8.61. The van der Waals surface area contributed by atoms with Crippen molar-refractivity contribution in [2.45, 2.75) is 44.9 Å². The van der Waals surface area contributed by atoms with Crippen LogP contribution in [-0.2, 0) is 0 Å². The first kappa shape index (κ1) is 24.3. The summed E-state index contributed by atoms with van der Waals surface area (Å²) in [5.41, 5.74) is 8.21. The normalized spacial score (nSPS) is 19.2. The fourth-order valence-corrected chi connectivity index (χ4v) is 3.89. The molecule has 1 fully saturated rings. The number of hydrogen-bond donors (Lipinski definition) is 2. The zero-order valence-electron chi connectivity index (χ0n) is 18.9. The van der Waals surface area contributed by atoms with Crippen molar-refractivity contribution in [1.29, 1.82) is 5.26 Å². The first-order valence-electron chi connectivity index (χ1n) is 10.4. The van der Waals surface area contributed by atoms with Crippen molar-refractivity contribution in [2.75, 3.05) is 25.1 Å². The van der Waals surface area contributed by atoms with Crippen molar-refractivity contribution < 1.29 is 22.7 Å². The molecule has 3 N–H and O–H groups in total. The zero-order valence-corrected chi connectivity index (χ0v) is 18.9. The van der Waals surface area contributed by atoms with Gasteiger partial charge in [0.2, 0.25) is 0 Å².